The van der Waals surface area contributed by atoms with Crippen molar-refractivity contribution < 1.29 is 13.3 Å². The van der Waals surface area contributed by atoms with Crippen LogP contribution in [-0.4, -0.2) is 36.3 Å². The lowest BCUT2D eigenvalue weighted by atomic mass is 10.00. The number of hydrogen-bond donors (Lipinski definition) is 1. The molecule has 1 saturated heterocycles. The summed E-state index contributed by atoms with van der Waals surface area (Å²) in [5.74, 6) is 0. The zero-order valence-corrected chi connectivity index (χ0v) is 14.5. The fourth-order valence-electron chi connectivity index (χ4n) is 3.31. The maximum Gasteiger partial charge on any atom is 0.270 e. The summed E-state index contributed by atoms with van der Waals surface area (Å²) in [5.41, 5.74) is 6.67. The van der Waals surface area contributed by atoms with E-state index in [1.165, 1.54) is 16.4 Å². The van der Waals surface area contributed by atoms with Gasteiger partial charge in [0, 0.05) is 30.8 Å². The Morgan fingerprint density at radius 3 is 2.35 bits per heavy atom. The fraction of sp³-hybridized carbons (Fsp3) is 0.600. The molecule has 1 aromatic carbocycles. The smallest absolute Gasteiger partial charge is 0.270 e. The van der Waals surface area contributed by atoms with Crippen molar-refractivity contribution in [1.82, 2.24) is 4.31 Å². The minimum absolute atomic E-state index is 0.0960. The Balaban J connectivity index is 2.53. The lowest BCUT2D eigenvalue weighted by Crippen LogP contribution is -2.51. The number of piperidine rings is 1. The Morgan fingerprint density at radius 1 is 1.30 bits per heavy atom. The van der Waals surface area contributed by atoms with Gasteiger partial charge in [-0.05, 0) is 44.7 Å². The van der Waals surface area contributed by atoms with Gasteiger partial charge in [0.1, 0.15) is 0 Å². The van der Waals surface area contributed by atoms with Crippen molar-refractivity contribution in [2.24, 2.45) is 5.73 Å². The van der Waals surface area contributed by atoms with Crippen LogP contribution in [0.5, 0.6) is 0 Å². The third-order valence-electron chi connectivity index (χ3n) is 4.33. The van der Waals surface area contributed by atoms with Crippen LogP contribution < -0.4 is 5.73 Å². The Kier molecular flexibility index (Phi) is 5.07. The van der Waals surface area contributed by atoms with Crippen LogP contribution in [0.3, 0.4) is 0 Å². The average molecular weight is 341 g/mol. The SMILES string of the molecule is Cc1cc([N+](=O)[O-])cc(C)c1S(=O)(=O)N1CCCCC1C(C)N. The van der Waals surface area contributed by atoms with E-state index in [1.54, 1.807) is 13.8 Å². The van der Waals surface area contributed by atoms with Crippen molar-refractivity contribution in [1.29, 1.82) is 0 Å². The highest BCUT2D eigenvalue weighted by Crippen LogP contribution is 2.32. The largest absolute Gasteiger partial charge is 0.326 e. The van der Waals surface area contributed by atoms with Gasteiger partial charge in [0.15, 0.2) is 0 Å². The first-order chi connectivity index (χ1) is 10.7. The summed E-state index contributed by atoms with van der Waals surface area (Å²) in [6.07, 6.45) is 2.49. The zero-order valence-electron chi connectivity index (χ0n) is 13.7. The number of benzene rings is 1. The number of aryl methyl sites for hydroxylation is 2. The molecule has 0 spiro atoms. The summed E-state index contributed by atoms with van der Waals surface area (Å²) in [6.45, 7) is 5.44. The molecule has 7 nitrogen and oxygen atoms in total. The second-order valence-corrected chi connectivity index (χ2v) is 8.03. The summed E-state index contributed by atoms with van der Waals surface area (Å²) in [5, 5.41) is 10.9. The topological polar surface area (TPSA) is 107 Å². The van der Waals surface area contributed by atoms with E-state index >= 15 is 0 Å². The minimum atomic E-state index is -3.73. The molecule has 0 aliphatic carbocycles. The number of nitrogens with zero attached hydrogens (tertiary/aromatic N) is 2. The molecule has 23 heavy (non-hydrogen) atoms. The molecule has 0 amide bonds. The highest BCUT2D eigenvalue weighted by molar-refractivity contribution is 7.89. The molecule has 2 N–H and O–H groups in total. The van der Waals surface area contributed by atoms with Crippen LogP contribution in [0, 0.1) is 24.0 Å². The molecule has 0 radical (unpaired) electrons. The second-order valence-electron chi connectivity index (χ2n) is 6.20. The third kappa shape index (κ3) is 3.39. The molecule has 1 aliphatic rings. The van der Waals surface area contributed by atoms with Crippen molar-refractivity contribution in [3.8, 4) is 0 Å². The molecule has 128 valence electrons. The lowest BCUT2D eigenvalue weighted by molar-refractivity contribution is -0.385. The van der Waals surface area contributed by atoms with E-state index in [4.69, 9.17) is 5.73 Å². The Bertz CT molecular complexity index is 692. The van der Waals surface area contributed by atoms with E-state index in [0.29, 0.717) is 17.7 Å². The summed E-state index contributed by atoms with van der Waals surface area (Å²) in [7, 11) is -3.73. The van der Waals surface area contributed by atoms with Gasteiger partial charge in [-0.3, -0.25) is 10.1 Å². The molecule has 2 unspecified atom stereocenters. The standard InChI is InChI=1S/C15H23N3O4S/c1-10-8-13(18(19)20)9-11(2)15(10)23(21,22)17-7-5-4-6-14(17)12(3)16/h8-9,12,14H,4-7,16H2,1-3H3. The molecule has 0 bridgehead atoms. The van der Waals surface area contributed by atoms with Gasteiger partial charge in [-0.2, -0.15) is 4.31 Å². The monoisotopic (exact) mass is 341 g/mol. The van der Waals surface area contributed by atoms with Gasteiger partial charge in [0.05, 0.1) is 9.82 Å². The van der Waals surface area contributed by atoms with Crippen molar-refractivity contribution in [3.05, 3.63) is 33.4 Å². The average Bonchev–Trinajstić information content (AvgIpc) is 2.46. The number of sulfonamides is 1. The highest BCUT2D eigenvalue weighted by atomic mass is 32.2. The number of non-ortho nitro benzene ring substituents is 1. The van der Waals surface area contributed by atoms with Gasteiger partial charge in [-0.1, -0.05) is 6.42 Å². The summed E-state index contributed by atoms with van der Waals surface area (Å²) in [6, 6.07) is 2.13. The first kappa shape index (κ1) is 17.8. The molecule has 2 atom stereocenters. The zero-order chi connectivity index (χ0) is 17.4. The van der Waals surface area contributed by atoms with Crippen molar-refractivity contribution >= 4 is 15.7 Å². The summed E-state index contributed by atoms with van der Waals surface area (Å²) in [4.78, 5) is 10.6. The predicted molar refractivity (Wildman–Crippen MR) is 87.8 cm³/mol. The van der Waals surface area contributed by atoms with Crippen LogP contribution in [0.15, 0.2) is 17.0 Å². The van der Waals surface area contributed by atoms with Crippen molar-refractivity contribution in [2.75, 3.05) is 6.54 Å². The number of nitro groups is 1. The van der Waals surface area contributed by atoms with Crippen molar-refractivity contribution in [3.63, 3.8) is 0 Å². The molecule has 1 fully saturated rings. The van der Waals surface area contributed by atoms with Gasteiger partial charge in [-0.25, -0.2) is 8.42 Å². The molecule has 1 aliphatic heterocycles. The van der Waals surface area contributed by atoms with Crippen LogP contribution in [0.4, 0.5) is 5.69 Å². The quantitative estimate of drug-likeness (QED) is 0.666. The minimum Gasteiger partial charge on any atom is -0.326 e. The third-order valence-corrected chi connectivity index (χ3v) is 6.56. The summed E-state index contributed by atoms with van der Waals surface area (Å²) >= 11 is 0. The Hall–Kier alpha value is -1.51. The van der Waals surface area contributed by atoms with Gasteiger partial charge >= 0.3 is 0 Å². The van der Waals surface area contributed by atoms with Gasteiger partial charge < -0.3 is 5.73 Å². The molecular formula is C15H23N3O4S. The van der Waals surface area contributed by atoms with E-state index in [-0.39, 0.29) is 22.7 Å². The van der Waals surface area contributed by atoms with Gasteiger partial charge in [-0.15, -0.1) is 0 Å². The molecule has 1 aromatic rings. The Morgan fingerprint density at radius 2 is 1.87 bits per heavy atom. The number of nitrogens with two attached hydrogens (primary N) is 1. The van der Waals surface area contributed by atoms with E-state index in [2.05, 4.69) is 0 Å². The lowest BCUT2D eigenvalue weighted by Gasteiger charge is -2.37. The highest BCUT2D eigenvalue weighted by Gasteiger charge is 2.37. The van der Waals surface area contributed by atoms with E-state index < -0.39 is 14.9 Å². The van der Waals surface area contributed by atoms with E-state index in [1.807, 2.05) is 6.92 Å². The second kappa shape index (κ2) is 6.54. The molecule has 0 saturated carbocycles. The van der Waals surface area contributed by atoms with E-state index in [0.717, 1.165) is 19.3 Å². The van der Waals surface area contributed by atoms with Crippen LogP contribution in [0.2, 0.25) is 0 Å². The van der Waals surface area contributed by atoms with Gasteiger partial charge in [0.25, 0.3) is 5.69 Å². The van der Waals surface area contributed by atoms with Crippen molar-refractivity contribution in [2.45, 2.75) is 57.0 Å². The number of hydrogen-bond acceptors (Lipinski definition) is 5. The normalized spacial score (nSPS) is 21.1. The number of rotatable bonds is 4. The first-order valence-electron chi connectivity index (χ1n) is 7.69. The molecule has 8 heteroatoms. The summed E-state index contributed by atoms with van der Waals surface area (Å²) < 4.78 is 27.7. The number of nitro benzene ring substituents is 1. The molecular weight excluding hydrogens is 318 g/mol. The molecule has 2 rings (SSSR count). The van der Waals surface area contributed by atoms with Crippen LogP contribution in [0.25, 0.3) is 0 Å². The van der Waals surface area contributed by atoms with Gasteiger partial charge in [0.2, 0.25) is 10.0 Å². The van der Waals surface area contributed by atoms with E-state index in [9.17, 15) is 18.5 Å². The van der Waals surface area contributed by atoms with Crippen LogP contribution >= 0.6 is 0 Å². The first-order valence-corrected chi connectivity index (χ1v) is 9.13. The predicted octanol–water partition coefficient (Wildman–Crippen LogP) is 2.10. The fourth-order valence-corrected chi connectivity index (χ4v) is 5.50. The maximum absolute atomic E-state index is 13.1. The van der Waals surface area contributed by atoms with Crippen LogP contribution in [0.1, 0.15) is 37.3 Å². The van der Waals surface area contributed by atoms with Crippen LogP contribution in [-0.2, 0) is 10.0 Å². The molecule has 0 aromatic heterocycles. The maximum atomic E-state index is 13.1. The molecule has 1 heterocycles. The Labute approximate surface area is 136 Å².